The molecule has 1 aliphatic heterocycles. The first-order valence-electron chi connectivity index (χ1n) is 11.7. The van der Waals surface area contributed by atoms with Crippen LogP contribution in [0.1, 0.15) is 54.0 Å². The Morgan fingerprint density at radius 2 is 1.94 bits per heavy atom. The van der Waals surface area contributed by atoms with Crippen LogP contribution in [0.5, 0.6) is 5.75 Å². The zero-order chi connectivity index (χ0) is 22.8. The minimum Gasteiger partial charge on any atom is -0.492 e. The van der Waals surface area contributed by atoms with Gasteiger partial charge in [0.25, 0.3) is 0 Å². The number of ether oxygens (including phenoxy) is 1. The number of nitrogens with one attached hydrogen (secondary N) is 1. The lowest BCUT2D eigenvalue weighted by molar-refractivity contribution is 0.317. The third-order valence-electron chi connectivity index (χ3n) is 6.55. The number of hydrogen-bond donors (Lipinski definition) is 1. The number of hydrogen-bond acceptors (Lipinski definition) is 3. The zero-order valence-electron chi connectivity index (χ0n) is 19.1. The minimum absolute atomic E-state index is 0.299. The number of aryl methyl sites for hydroxylation is 1. The maximum Gasteiger partial charge on any atom is 0.137 e. The number of rotatable bonds is 6. The van der Waals surface area contributed by atoms with Crippen molar-refractivity contribution in [1.82, 2.24) is 0 Å². The van der Waals surface area contributed by atoms with E-state index in [0.29, 0.717) is 29.5 Å². The summed E-state index contributed by atoms with van der Waals surface area (Å²) in [5, 5.41) is 4.42. The Labute approximate surface area is 201 Å². The van der Waals surface area contributed by atoms with Gasteiger partial charge >= 0.3 is 0 Å². The molecule has 4 heteroatoms. The lowest BCUT2D eigenvalue weighted by Crippen LogP contribution is -2.29. The van der Waals surface area contributed by atoms with Crippen molar-refractivity contribution >= 4 is 29.2 Å². The molecule has 0 unspecified atom stereocenters. The number of allylic oxidation sites excluding steroid dienone is 2. The van der Waals surface area contributed by atoms with E-state index in [1.807, 2.05) is 24.4 Å². The van der Waals surface area contributed by atoms with E-state index in [2.05, 4.69) is 78.8 Å². The molecule has 3 aromatic carbocycles. The number of halogens is 1. The molecule has 3 atom stereocenters. The standard InChI is InChI=1S/C29H29ClN2O/c1-3-15-33-28-14-8-20(17-26(28)30)18-31-22-11-9-21(10-12-22)29-24-6-4-5-23(24)25-16-19(2)7-13-27(25)32-29/h4-5,7-14,16-18,23-24,29,32H,3,6,15H2,1-2H3/t23-,24-,29-/m0/s1. The van der Waals surface area contributed by atoms with Gasteiger partial charge in [0.15, 0.2) is 0 Å². The third-order valence-corrected chi connectivity index (χ3v) is 6.85. The Kier molecular flexibility index (Phi) is 6.24. The van der Waals surface area contributed by atoms with Crippen LogP contribution in [0.4, 0.5) is 11.4 Å². The Morgan fingerprint density at radius 3 is 2.73 bits per heavy atom. The Balaban J connectivity index is 1.32. The second-order valence-corrected chi connectivity index (χ2v) is 9.36. The van der Waals surface area contributed by atoms with Crippen LogP contribution in [0.25, 0.3) is 0 Å². The first-order chi connectivity index (χ1) is 16.1. The van der Waals surface area contributed by atoms with Crippen LogP contribution in [-0.2, 0) is 0 Å². The van der Waals surface area contributed by atoms with Crippen LogP contribution in [0.2, 0.25) is 5.02 Å². The highest BCUT2D eigenvalue weighted by atomic mass is 35.5. The van der Waals surface area contributed by atoms with E-state index in [-0.39, 0.29) is 0 Å². The van der Waals surface area contributed by atoms with Crippen LogP contribution >= 0.6 is 11.6 Å². The van der Waals surface area contributed by atoms with Gasteiger partial charge in [-0.3, -0.25) is 4.99 Å². The summed E-state index contributed by atoms with van der Waals surface area (Å²) in [6, 6.07) is 21.4. The molecule has 5 rings (SSSR count). The van der Waals surface area contributed by atoms with E-state index < -0.39 is 0 Å². The van der Waals surface area contributed by atoms with E-state index in [1.54, 1.807) is 0 Å². The first-order valence-corrected chi connectivity index (χ1v) is 12.1. The molecular formula is C29H29ClN2O. The highest BCUT2D eigenvalue weighted by molar-refractivity contribution is 6.32. The molecule has 1 aliphatic carbocycles. The van der Waals surface area contributed by atoms with Crippen LogP contribution in [0, 0.1) is 12.8 Å². The fourth-order valence-electron chi connectivity index (χ4n) is 4.89. The molecule has 168 valence electrons. The molecule has 0 saturated carbocycles. The molecule has 0 saturated heterocycles. The Bertz CT molecular complexity index is 1200. The van der Waals surface area contributed by atoms with Gasteiger partial charge in [-0.2, -0.15) is 0 Å². The molecule has 2 aliphatic rings. The van der Waals surface area contributed by atoms with Crippen LogP contribution in [-0.4, -0.2) is 12.8 Å². The summed E-state index contributed by atoms with van der Waals surface area (Å²) >= 11 is 6.34. The van der Waals surface area contributed by atoms with Gasteiger partial charge in [0.05, 0.1) is 23.4 Å². The second-order valence-electron chi connectivity index (χ2n) is 8.95. The number of anilines is 1. The smallest absolute Gasteiger partial charge is 0.137 e. The monoisotopic (exact) mass is 456 g/mol. The van der Waals surface area contributed by atoms with Crippen LogP contribution in [0.15, 0.2) is 77.8 Å². The SMILES string of the molecule is CCCOc1ccc(C=Nc2ccc([C@@H]3Nc4ccc(C)cc4[C@H]4C=CC[C@@H]43)cc2)cc1Cl. The molecule has 0 radical (unpaired) electrons. The van der Waals surface area contributed by atoms with Crippen molar-refractivity contribution in [1.29, 1.82) is 0 Å². The number of aliphatic imine (C=N–C) groups is 1. The van der Waals surface area contributed by atoms with Crippen molar-refractivity contribution in [2.24, 2.45) is 10.9 Å². The fraction of sp³-hybridized carbons (Fsp3) is 0.276. The lowest BCUT2D eigenvalue weighted by Gasteiger charge is -2.37. The predicted octanol–water partition coefficient (Wildman–Crippen LogP) is 8.01. The predicted molar refractivity (Wildman–Crippen MR) is 138 cm³/mol. The van der Waals surface area contributed by atoms with Gasteiger partial charge < -0.3 is 10.1 Å². The van der Waals surface area contributed by atoms with Gasteiger partial charge in [0, 0.05) is 17.8 Å². The molecule has 0 aromatic heterocycles. The quantitative estimate of drug-likeness (QED) is 0.301. The summed E-state index contributed by atoms with van der Waals surface area (Å²) in [4.78, 5) is 4.65. The largest absolute Gasteiger partial charge is 0.492 e. The van der Waals surface area contributed by atoms with E-state index in [4.69, 9.17) is 16.3 Å². The van der Waals surface area contributed by atoms with Crippen molar-refractivity contribution in [3.63, 3.8) is 0 Å². The highest BCUT2D eigenvalue weighted by Gasteiger charge is 2.37. The number of benzene rings is 3. The van der Waals surface area contributed by atoms with Gasteiger partial charge in [-0.05, 0) is 78.8 Å². The van der Waals surface area contributed by atoms with Crippen LogP contribution < -0.4 is 10.1 Å². The summed E-state index contributed by atoms with van der Waals surface area (Å²) in [7, 11) is 0. The van der Waals surface area contributed by atoms with E-state index in [9.17, 15) is 0 Å². The maximum absolute atomic E-state index is 6.34. The maximum atomic E-state index is 6.34. The minimum atomic E-state index is 0.299. The summed E-state index contributed by atoms with van der Waals surface area (Å²) in [5.74, 6) is 1.75. The number of fused-ring (bicyclic) bond motifs is 3. The average Bonchev–Trinajstić information content (AvgIpc) is 3.33. The molecule has 0 fully saturated rings. The Hall–Kier alpha value is -3.04. The third kappa shape index (κ3) is 4.56. The van der Waals surface area contributed by atoms with Crippen LogP contribution in [0.3, 0.4) is 0 Å². The van der Waals surface area contributed by atoms with Crippen molar-refractivity contribution in [3.8, 4) is 5.75 Å². The number of nitrogens with zero attached hydrogens (tertiary/aromatic N) is 1. The molecule has 3 nitrogen and oxygen atoms in total. The summed E-state index contributed by atoms with van der Waals surface area (Å²) in [6.45, 7) is 4.91. The molecule has 0 bridgehead atoms. The molecule has 33 heavy (non-hydrogen) atoms. The van der Waals surface area contributed by atoms with Gasteiger partial charge in [-0.15, -0.1) is 0 Å². The zero-order valence-corrected chi connectivity index (χ0v) is 19.8. The van der Waals surface area contributed by atoms with E-state index in [0.717, 1.165) is 29.8 Å². The molecule has 3 aromatic rings. The Morgan fingerprint density at radius 1 is 1.09 bits per heavy atom. The van der Waals surface area contributed by atoms with Gasteiger partial charge in [-0.1, -0.05) is 60.5 Å². The summed E-state index contributed by atoms with van der Waals surface area (Å²) < 4.78 is 5.65. The molecular weight excluding hydrogens is 428 g/mol. The molecule has 0 spiro atoms. The normalized spacial score (nSPS) is 21.0. The highest BCUT2D eigenvalue weighted by Crippen LogP contribution is 2.50. The molecule has 1 N–H and O–H groups in total. The van der Waals surface area contributed by atoms with Crippen molar-refractivity contribution in [2.45, 2.75) is 38.6 Å². The van der Waals surface area contributed by atoms with E-state index >= 15 is 0 Å². The summed E-state index contributed by atoms with van der Waals surface area (Å²) in [5.41, 5.74) is 7.18. The van der Waals surface area contributed by atoms with Gasteiger partial charge in [0.2, 0.25) is 0 Å². The summed E-state index contributed by atoms with van der Waals surface area (Å²) in [6.07, 6.45) is 8.63. The second kappa shape index (κ2) is 9.44. The average molecular weight is 457 g/mol. The van der Waals surface area contributed by atoms with Gasteiger partial charge in [-0.25, -0.2) is 0 Å². The van der Waals surface area contributed by atoms with Crippen molar-refractivity contribution in [2.75, 3.05) is 11.9 Å². The topological polar surface area (TPSA) is 33.6 Å². The fourth-order valence-corrected chi connectivity index (χ4v) is 5.13. The lowest BCUT2D eigenvalue weighted by atomic mass is 9.76. The van der Waals surface area contributed by atoms with Crippen molar-refractivity contribution in [3.05, 3.63) is 100 Å². The van der Waals surface area contributed by atoms with E-state index in [1.165, 1.54) is 22.4 Å². The van der Waals surface area contributed by atoms with Gasteiger partial charge in [0.1, 0.15) is 5.75 Å². The molecule has 0 amide bonds. The molecule has 1 heterocycles. The first kappa shape index (κ1) is 21.8. The van der Waals surface area contributed by atoms with Crippen molar-refractivity contribution < 1.29 is 4.74 Å².